The van der Waals surface area contributed by atoms with Crippen LogP contribution < -0.4 is 4.90 Å². The number of fused-ring (bicyclic) bond motifs is 9. The van der Waals surface area contributed by atoms with Gasteiger partial charge in [0.1, 0.15) is 0 Å². The van der Waals surface area contributed by atoms with Gasteiger partial charge in [-0.3, -0.25) is 0 Å². The number of benzene rings is 8. The average Bonchev–Trinajstić information content (AvgIpc) is 3.79. The highest BCUT2D eigenvalue weighted by atomic mass is 15.1. The van der Waals surface area contributed by atoms with Gasteiger partial charge in [-0.05, 0) is 136 Å². The summed E-state index contributed by atoms with van der Waals surface area (Å²) in [5, 5.41) is 2.58. The molecule has 2 aliphatic carbocycles. The van der Waals surface area contributed by atoms with E-state index in [0.717, 1.165) is 28.2 Å². The lowest BCUT2D eigenvalue weighted by Gasteiger charge is -2.28. The van der Waals surface area contributed by atoms with E-state index in [2.05, 4.69) is 231 Å². The fourth-order valence-corrected chi connectivity index (χ4v) is 9.82. The Morgan fingerprint density at radius 2 is 0.862 bits per heavy atom. The molecule has 0 saturated carbocycles. The molecule has 2 nitrogen and oxygen atoms in total. The minimum atomic E-state index is -0.183. The van der Waals surface area contributed by atoms with E-state index in [1.807, 2.05) is 0 Å². The Labute approximate surface area is 340 Å². The molecule has 276 valence electrons. The molecule has 0 aliphatic heterocycles. The Bertz CT molecular complexity index is 3120. The summed E-state index contributed by atoms with van der Waals surface area (Å²) in [4.78, 5) is 2.35. The van der Waals surface area contributed by atoms with Gasteiger partial charge in [0.15, 0.2) is 0 Å². The third-order valence-corrected chi connectivity index (χ3v) is 12.8. The van der Waals surface area contributed by atoms with Crippen LogP contribution in [0.5, 0.6) is 0 Å². The fraction of sp³-hybridized carbons (Fsp3) is 0.107. The van der Waals surface area contributed by atoms with Crippen LogP contribution in [0.25, 0.3) is 49.7 Å². The Kier molecular flexibility index (Phi) is 7.50. The number of nitrogens with zero attached hydrogens (tertiary/aromatic N) is 2. The van der Waals surface area contributed by atoms with E-state index in [1.54, 1.807) is 0 Å². The zero-order valence-corrected chi connectivity index (χ0v) is 33.2. The SMILES string of the molecule is CC1(C)c2cc(C#Cc3ccc4c(c3)C(C)(C)c3cc5c6ccccc6n(-c6ccccc6)c5cc3-4)ccc2-c2ccc(N(c3ccccc3)c3ccccc3)cc21. The van der Waals surface area contributed by atoms with E-state index < -0.39 is 0 Å². The van der Waals surface area contributed by atoms with Crippen LogP contribution in [-0.2, 0) is 10.8 Å². The third kappa shape index (κ3) is 5.13. The molecule has 0 amide bonds. The normalized spacial score (nSPS) is 14.0. The second kappa shape index (κ2) is 12.7. The van der Waals surface area contributed by atoms with E-state index in [-0.39, 0.29) is 10.8 Å². The van der Waals surface area contributed by atoms with Crippen LogP contribution in [0.2, 0.25) is 0 Å². The predicted octanol–water partition coefficient (Wildman–Crippen LogP) is 14.3. The van der Waals surface area contributed by atoms with E-state index >= 15 is 0 Å². The van der Waals surface area contributed by atoms with Crippen LogP contribution in [0.1, 0.15) is 61.1 Å². The van der Waals surface area contributed by atoms with Crippen LogP contribution in [-0.4, -0.2) is 4.57 Å². The van der Waals surface area contributed by atoms with Crippen LogP contribution in [0.3, 0.4) is 0 Å². The number of hydrogen-bond acceptors (Lipinski definition) is 1. The largest absolute Gasteiger partial charge is 0.310 e. The zero-order valence-electron chi connectivity index (χ0n) is 33.2. The highest BCUT2D eigenvalue weighted by Crippen LogP contribution is 2.53. The first kappa shape index (κ1) is 34.2. The van der Waals surface area contributed by atoms with E-state index in [1.165, 1.54) is 72.0 Å². The van der Waals surface area contributed by atoms with Gasteiger partial charge < -0.3 is 9.47 Å². The van der Waals surface area contributed by atoms with Gasteiger partial charge in [0.25, 0.3) is 0 Å². The van der Waals surface area contributed by atoms with Crippen molar-refractivity contribution in [3.63, 3.8) is 0 Å². The van der Waals surface area contributed by atoms with Crippen molar-refractivity contribution in [3.8, 4) is 39.8 Å². The monoisotopic (exact) mass is 742 g/mol. The fourth-order valence-electron chi connectivity index (χ4n) is 9.82. The summed E-state index contributed by atoms with van der Waals surface area (Å²) in [6.45, 7) is 9.42. The predicted molar refractivity (Wildman–Crippen MR) is 243 cm³/mol. The van der Waals surface area contributed by atoms with Gasteiger partial charge in [-0.25, -0.2) is 0 Å². The van der Waals surface area contributed by atoms with E-state index in [0.29, 0.717) is 0 Å². The lowest BCUT2D eigenvalue weighted by Crippen LogP contribution is -2.16. The maximum absolute atomic E-state index is 3.58. The van der Waals surface area contributed by atoms with Gasteiger partial charge in [-0.15, -0.1) is 0 Å². The van der Waals surface area contributed by atoms with Crippen molar-refractivity contribution in [1.29, 1.82) is 0 Å². The summed E-state index contributed by atoms with van der Waals surface area (Å²) in [6, 6.07) is 66.2. The summed E-state index contributed by atoms with van der Waals surface area (Å²) in [7, 11) is 0. The number of aromatic nitrogens is 1. The quantitative estimate of drug-likeness (QED) is 0.163. The Hall–Kier alpha value is -7.08. The topological polar surface area (TPSA) is 8.17 Å². The molecule has 0 saturated heterocycles. The number of hydrogen-bond donors (Lipinski definition) is 0. The lowest BCUT2D eigenvalue weighted by atomic mass is 9.81. The molecule has 2 aliphatic rings. The molecule has 1 aromatic heterocycles. The summed E-state index contributed by atoms with van der Waals surface area (Å²) in [5.41, 5.74) is 19.4. The Balaban J connectivity index is 0.940. The molecule has 0 bridgehead atoms. The van der Waals surface area contributed by atoms with Crippen LogP contribution in [0.4, 0.5) is 17.1 Å². The van der Waals surface area contributed by atoms with Crippen molar-refractivity contribution in [2.24, 2.45) is 0 Å². The van der Waals surface area contributed by atoms with Gasteiger partial charge in [-0.1, -0.05) is 131 Å². The molecule has 0 spiro atoms. The lowest BCUT2D eigenvalue weighted by molar-refractivity contribution is 0.660. The van der Waals surface area contributed by atoms with E-state index in [9.17, 15) is 0 Å². The van der Waals surface area contributed by atoms with E-state index in [4.69, 9.17) is 0 Å². The first-order chi connectivity index (χ1) is 28.3. The Morgan fingerprint density at radius 3 is 1.47 bits per heavy atom. The van der Waals surface area contributed by atoms with Gasteiger partial charge in [0, 0.05) is 55.5 Å². The summed E-state index contributed by atoms with van der Waals surface area (Å²) in [5.74, 6) is 7.15. The van der Waals surface area contributed by atoms with Crippen molar-refractivity contribution in [1.82, 2.24) is 4.57 Å². The number of para-hydroxylation sites is 4. The molecule has 11 rings (SSSR count). The molecule has 9 aromatic rings. The summed E-state index contributed by atoms with van der Waals surface area (Å²) < 4.78 is 2.41. The molecule has 0 unspecified atom stereocenters. The minimum absolute atomic E-state index is 0.161. The summed E-state index contributed by atoms with van der Waals surface area (Å²) in [6.07, 6.45) is 0. The van der Waals surface area contributed by atoms with Crippen LogP contribution in [0.15, 0.2) is 182 Å². The zero-order chi connectivity index (χ0) is 39.2. The average molecular weight is 743 g/mol. The maximum Gasteiger partial charge on any atom is 0.0547 e. The standard InChI is InChI=1S/C56H42N2/c1-55(2)49-32-37(26-29-43(49)44-31-28-42(34-51(44)55)57(39-16-8-5-9-17-39)40-18-10-6-11-19-40)24-25-38-27-30-45-47-36-54-48(35-52(47)56(3,4)50(45)33-38)46-22-14-15-23-53(46)58(54)41-20-12-7-13-21-41/h5-23,26-36H,1-4H3. The summed E-state index contributed by atoms with van der Waals surface area (Å²) >= 11 is 0. The van der Waals surface area contributed by atoms with Gasteiger partial charge in [0.05, 0.1) is 11.0 Å². The van der Waals surface area contributed by atoms with Crippen molar-refractivity contribution in [2.45, 2.75) is 38.5 Å². The molecule has 0 fully saturated rings. The van der Waals surface area contributed by atoms with Gasteiger partial charge >= 0.3 is 0 Å². The minimum Gasteiger partial charge on any atom is -0.310 e. The van der Waals surface area contributed by atoms with Crippen molar-refractivity contribution >= 4 is 38.9 Å². The highest BCUT2D eigenvalue weighted by molar-refractivity contribution is 6.11. The van der Waals surface area contributed by atoms with Crippen LogP contribution >= 0.6 is 0 Å². The van der Waals surface area contributed by atoms with Crippen molar-refractivity contribution < 1.29 is 0 Å². The maximum atomic E-state index is 3.58. The molecule has 8 aromatic carbocycles. The third-order valence-electron chi connectivity index (χ3n) is 12.8. The number of anilines is 3. The molecule has 0 atom stereocenters. The van der Waals surface area contributed by atoms with Crippen LogP contribution in [0, 0.1) is 11.8 Å². The van der Waals surface area contributed by atoms with Gasteiger partial charge in [-0.2, -0.15) is 0 Å². The second-order valence-electron chi connectivity index (χ2n) is 16.9. The molecule has 0 radical (unpaired) electrons. The van der Waals surface area contributed by atoms with Crippen molar-refractivity contribution in [3.05, 3.63) is 215 Å². The first-order valence-electron chi connectivity index (χ1n) is 20.3. The molecule has 1 heterocycles. The van der Waals surface area contributed by atoms with Crippen molar-refractivity contribution in [2.75, 3.05) is 4.90 Å². The number of rotatable bonds is 4. The van der Waals surface area contributed by atoms with Gasteiger partial charge in [0.2, 0.25) is 0 Å². The molecular formula is C56H42N2. The Morgan fingerprint density at radius 1 is 0.379 bits per heavy atom. The molecule has 58 heavy (non-hydrogen) atoms. The highest BCUT2D eigenvalue weighted by Gasteiger charge is 2.38. The second-order valence-corrected chi connectivity index (χ2v) is 16.9. The molecular weight excluding hydrogens is 701 g/mol. The molecule has 2 heteroatoms. The first-order valence-corrected chi connectivity index (χ1v) is 20.3. The molecule has 0 N–H and O–H groups in total. The smallest absolute Gasteiger partial charge is 0.0547 e.